The van der Waals surface area contributed by atoms with Gasteiger partial charge in [-0.3, -0.25) is 0 Å². The molecule has 0 spiro atoms. The molecule has 1 heterocycles. The number of hydrogen-bond acceptors (Lipinski definition) is 3. The van der Waals surface area contributed by atoms with Crippen LogP contribution in [0.1, 0.15) is 34.7 Å². The molecule has 1 aromatic heterocycles. The van der Waals surface area contributed by atoms with E-state index >= 15 is 0 Å². The first kappa shape index (κ1) is 12.7. The van der Waals surface area contributed by atoms with Crippen LogP contribution in [0.4, 0.5) is 0 Å². The van der Waals surface area contributed by atoms with Gasteiger partial charge in [-0.05, 0) is 59.5 Å². The molecule has 4 nitrogen and oxygen atoms in total. The summed E-state index contributed by atoms with van der Waals surface area (Å²) in [4.78, 5) is 11.6. The van der Waals surface area contributed by atoms with E-state index in [0.29, 0.717) is 17.0 Å². The van der Waals surface area contributed by atoms with E-state index in [-0.39, 0.29) is 5.97 Å². The van der Waals surface area contributed by atoms with Crippen LogP contribution in [0.3, 0.4) is 0 Å². The summed E-state index contributed by atoms with van der Waals surface area (Å²) in [5.74, 6) is 0.123. The Labute approximate surface area is 124 Å². The summed E-state index contributed by atoms with van der Waals surface area (Å²) in [5, 5.41) is 12.9. The number of aromatic nitrogens is 1. The lowest BCUT2D eigenvalue weighted by atomic mass is 10.1. The fourth-order valence-electron chi connectivity index (χ4n) is 2.26. The first-order chi connectivity index (χ1) is 9.10. The monoisotopic (exact) mass is 369 g/mol. The van der Waals surface area contributed by atoms with Crippen molar-refractivity contribution in [2.45, 2.75) is 18.8 Å². The number of halogens is 1. The molecule has 5 heteroatoms. The fraction of sp³-hybridized carbons (Fsp3) is 0.286. The average molecular weight is 369 g/mol. The second-order valence-corrected chi connectivity index (χ2v) is 5.92. The van der Waals surface area contributed by atoms with Crippen LogP contribution in [-0.4, -0.2) is 13.1 Å². The highest BCUT2D eigenvalue weighted by atomic mass is 127. The standard InChI is InChI=1S/C14H12INO3/c1-19-14(17)10-4-9-5-11(8-2-3-8)7-16(18)13(9)12(15)6-10/h4-8H,2-3H2,1H3. The van der Waals surface area contributed by atoms with Crippen LogP contribution < -0.4 is 4.73 Å². The number of carbonyl (C=O) groups excluding carboxylic acids is 1. The predicted molar refractivity (Wildman–Crippen MR) is 78.9 cm³/mol. The van der Waals surface area contributed by atoms with Gasteiger partial charge in [-0.15, -0.1) is 0 Å². The van der Waals surface area contributed by atoms with Crippen molar-refractivity contribution in [3.05, 3.63) is 44.3 Å². The van der Waals surface area contributed by atoms with E-state index in [1.165, 1.54) is 7.11 Å². The topological polar surface area (TPSA) is 53.2 Å². The Morgan fingerprint density at radius 2 is 2.16 bits per heavy atom. The predicted octanol–water partition coefficient (Wildman–Crippen LogP) is 2.74. The molecule has 3 rings (SSSR count). The number of nitrogens with zero attached hydrogens (tertiary/aromatic N) is 1. The minimum Gasteiger partial charge on any atom is -0.618 e. The minimum absolute atomic E-state index is 0.380. The molecule has 19 heavy (non-hydrogen) atoms. The molecule has 0 amide bonds. The molecule has 1 saturated carbocycles. The zero-order valence-electron chi connectivity index (χ0n) is 10.4. The lowest BCUT2D eigenvalue weighted by Crippen LogP contribution is -2.28. The highest BCUT2D eigenvalue weighted by Gasteiger charge is 2.27. The van der Waals surface area contributed by atoms with Crippen LogP contribution in [0.2, 0.25) is 0 Å². The SMILES string of the molecule is COC(=O)c1cc(I)c2c(c1)cc(C1CC1)c[n+]2[O-]. The Morgan fingerprint density at radius 1 is 1.42 bits per heavy atom. The first-order valence-electron chi connectivity index (χ1n) is 6.05. The second-order valence-electron chi connectivity index (χ2n) is 4.76. The molecule has 0 atom stereocenters. The van der Waals surface area contributed by atoms with E-state index in [9.17, 15) is 10.0 Å². The molecule has 0 aliphatic heterocycles. The highest BCUT2D eigenvalue weighted by Crippen LogP contribution is 2.40. The third-order valence-electron chi connectivity index (χ3n) is 3.37. The average Bonchev–Trinajstić information content (AvgIpc) is 3.20. The maximum absolute atomic E-state index is 12.1. The number of fused-ring (bicyclic) bond motifs is 1. The maximum Gasteiger partial charge on any atom is 0.337 e. The molecule has 1 fully saturated rings. The van der Waals surface area contributed by atoms with Crippen molar-refractivity contribution in [3.8, 4) is 0 Å². The number of esters is 1. The molecule has 98 valence electrons. The Hall–Kier alpha value is -1.37. The van der Waals surface area contributed by atoms with Crippen molar-refractivity contribution in [3.63, 3.8) is 0 Å². The summed E-state index contributed by atoms with van der Waals surface area (Å²) in [7, 11) is 1.35. The Balaban J connectivity index is 2.23. The molecule has 1 aliphatic carbocycles. The number of carbonyl (C=O) groups is 1. The number of ether oxygens (including phenoxy) is 1. The lowest BCUT2D eigenvalue weighted by molar-refractivity contribution is -0.577. The van der Waals surface area contributed by atoms with Gasteiger partial charge in [0, 0.05) is 10.9 Å². The molecule has 2 aromatic rings. The van der Waals surface area contributed by atoms with Crippen LogP contribution >= 0.6 is 22.6 Å². The van der Waals surface area contributed by atoms with E-state index in [1.807, 2.05) is 6.07 Å². The normalized spacial score (nSPS) is 14.6. The smallest absolute Gasteiger partial charge is 0.337 e. The number of methoxy groups -OCH3 is 1. The van der Waals surface area contributed by atoms with Crippen LogP contribution in [0, 0.1) is 8.78 Å². The molecule has 0 bridgehead atoms. The van der Waals surface area contributed by atoms with Crippen molar-refractivity contribution in [2.24, 2.45) is 0 Å². The zero-order chi connectivity index (χ0) is 13.6. The van der Waals surface area contributed by atoms with Gasteiger partial charge in [0.15, 0.2) is 6.20 Å². The summed E-state index contributed by atoms with van der Waals surface area (Å²) in [5.41, 5.74) is 2.14. The van der Waals surface area contributed by atoms with E-state index in [0.717, 1.165) is 32.1 Å². The van der Waals surface area contributed by atoms with Gasteiger partial charge in [-0.2, -0.15) is 4.73 Å². The van der Waals surface area contributed by atoms with Crippen LogP contribution in [0.25, 0.3) is 10.9 Å². The third-order valence-corrected chi connectivity index (χ3v) is 4.19. The van der Waals surface area contributed by atoms with Gasteiger partial charge < -0.3 is 9.94 Å². The fourth-order valence-corrected chi connectivity index (χ4v) is 3.14. The molecule has 0 radical (unpaired) electrons. The number of hydrogen-bond donors (Lipinski definition) is 0. The molecule has 1 aliphatic rings. The third kappa shape index (κ3) is 2.27. The van der Waals surface area contributed by atoms with Crippen molar-refractivity contribution >= 4 is 39.5 Å². The van der Waals surface area contributed by atoms with Gasteiger partial charge in [0.2, 0.25) is 5.52 Å². The van der Waals surface area contributed by atoms with Crippen LogP contribution in [-0.2, 0) is 4.74 Å². The molecular formula is C14H12INO3. The highest BCUT2D eigenvalue weighted by molar-refractivity contribution is 14.1. The number of pyridine rings is 1. The molecule has 0 unspecified atom stereocenters. The van der Waals surface area contributed by atoms with Gasteiger partial charge in [0.25, 0.3) is 0 Å². The quantitative estimate of drug-likeness (QED) is 0.354. The molecule has 0 N–H and O–H groups in total. The molecule has 0 saturated heterocycles. The summed E-state index contributed by atoms with van der Waals surface area (Å²) in [6.07, 6.45) is 3.93. The van der Waals surface area contributed by atoms with E-state index in [4.69, 9.17) is 4.74 Å². The number of benzene rings is 1. The zero-order valence-corrected chi connectivity index (χ0v) is 12.5. The largest absolute Gasteiger partial charge is 0.618 e. The summed E-state index contributed by atoms with van der Waals surface area (Å²) in [6.45, 7) is 0. The first-order valence-corrected chi connectivity index (χ1v) is 7.12. The van der Waals surface area contributed by atoms with Crippen molar-refractivity contribution in [2.75, 3.05) is 7.11 Å². The van der Waals surface area contributed by atoms with E-state index < -0.39 is 0 Å². The van der Waals surface area contributed by atoms with Gasteiger partial charge >= 0.3 is 5.97 Å². The molecule has 1 aromatic carbocycles. The summed E-state index contributed by atoms with van der Waals surface area (Å²) < 4.78 is 6.40. The van der Waals surface area contributed by atoms with Crippen molar-refractivity contribution in [1.82, 2.24) is 0 Å². The Morgan fingerprint density at radius 3 is 2.79 bits per heavy atom. The van der Waals surface area contributed by atoms with Gasteiger partial charge in [0.05, 0.1) is 16.2 Å². The van der Waals surface area contributed by atoms with Gasteiger partial charge in [-0.25, -0.2) is 4.79 Å². The Kier molecular flexibility index (Phi) is 3.08. The van der Waals surface area contributed by atoms with E-state index in [2.05, 4.69) is 22.6 Å². The van der Waals surface area contributed by atoms with Crippen LogP contribution in [0.5, 0.6) is 0 Å². The molecular weight excluding hydrogens is 357 g/mol. The van der Waals surface area contributed by atoms with Crippen molar-refractivity contribution in [1.29, 1.82) is 0 Å². The second kappa shape index (κ2) is 4.63. The lowest BCUT2D eigenvalue weighted by Gasteiger charge is -2.08. The van der Waals surface area contributed by atoms with E-state index in [1.54, 1.807) is 18.3 Å². The number of rotatable bonds is 2. The van der Waals surface area contributed by atoms with Crippen LogP contribution in [0.15, 0.2) is 24.4 Å². The Bertz CT molecular complexity index is 680. The summed E-state index contributed by atoms with van der Waals surface area (Å²) in [6, 6.07) is 5.42. The summed E-state index contributed by atoms with van der Waals surface area (Å²) >= 11 is 2.08. The van der Waals surface area contributed by atoms with Gasteiger partial charge in [-0.1, -0.05) is 0 Å². The minimum atomic E-state index is -0.380. The van der Waals surface area contributed by atoms with Gasteiger partial charge in [0.1, 0.15) is 0 Å². The van der Waals surface area contributed by atoms with Crippen molar-refractivity contribution < 1.29 is 14.3 Å². The maximum atomic E-state index is 12.1.